The molecule has 0 radical (unpaired) electrons. The van der Waals surface area contributed by atoms with Crippen LogP contribution in [0.3, 0.4) is 0 Å². The summed E-state index contributed by atoms with van der Waals surface area (Å²) in [6.07, 6.45) is 12.5. The molecule has 0 rings (SSSR count). The molecule has 0 aliphatic carbocycles. The molecule has 0 spiro atoms. The van der Waals surface area contributed by atoms with Gasteiger partial charge in [-0.1, -0.05) is 0 Å². The fourth-order valence-electron chi connectivity index (χ4n) is 3.50. The molecule has 0 unspecified atom stereocenters. The molecule has 23 heavy (non-hydrogen) atoms. The Hall–Kier alpha value is 0.209. The standard InChI is InChI=1S/C9H15O.3C4H9.Sn/c1-4-5-6-7-9(10)8(2)3;3*1-3-4-2;/h6,8H,4-5H2,1-3H3;3*1,3-4H2,2H3;. The second-order valence-corrected chi connectivity index (χ2v) is 20.6. The van der Waals surface area contributed by atoms with E-state index >= 15 is 0 Å². The molecular weight excluding hydrogens is 387 g/mol. The molecule has 0 saturated heterocycles. The molecule has 0 aromatic rings. The van der Waals surface area contributed by atoms with Crippen LogP contribution in [-0.4, -0.2) is 24.2 Å². The van der Waals surface area contributed by atoms with Crippen LogP contribution in [0.5, 0.6) is 0 Å². The van der Waals surface area contributed by atoms with Crippen molar-refractivity contribution in [3.05, 3.63) is 9.67 Å². The van der Waals surface area contributed by atoms with Gasteiger partial charge in [-0.3, -0.25) is 0 Å². The molecular formula is C21H42OSn. The number of rotatable bonds is 14. The monoisotopic (exact) mass is 430 g/mol. The summed E-state index contributed by atoms with van der Waals surface area (Å²) in [6, 6.07) is 0. The van der Waals surface area contributed by atoms with Gasteiger partial charge in [0.25, 0.3) is 0 Å². The van der Waals surface area contributed by atoms with Crippen LogP contribution >= 0.6 is 0 Å². The third-order valence-corrected chi connectivity index (χ3v) is 20.8. The number of Topliss-reactive ketones (excluding diaryl/α,β-unsaturated/α-hetero) is 1. The summed E-state index contributed by atoms with van der Waals surface area (Å²) in [7, 11) is 0. The van der Waals surface area contributed by atoms with Gasteiger partial charge in [-0.2, -0.15) is 0 Å². The number of hydrogen-bond acceptors (Lipinski definition) is 1. The first-order valence-corrected chi connectivity index (χ1v) is 17.7. The Balaban J connectivity index is 5.75. The first-order valence-electron chi connectivity index (χ1n) is 10.2. The number of hydrogen-bond donors (Lipinski definition) is 0. The molecule has 0 aliphatic rings. The van der Waals surface area contributed by atoms with E-state index in [4.69, 9.17) is 0 Å². The Bertz CT molecular complexity index is 322. The van der Waals surface area contributed by atoms with Crippen LogP contribution in [0.2, 0.25) is 13.3 Å². The molecule has 0 aromatic heterocycles. The average molecular weight is 429 g/mol. The minimum atomic E-state index is -2.55. The summed E-state index contributed by atoms with van der Waals surface area (Å²) >= 11 is -2.55. The van der Waals surface area contributed by atoms with Crippen LogP contribution in [0.4, 0.5) is 0 Å². The van der Waals surface area contributed by atoms with E-state index in [1.54, 1.807) is 0 Å². The van der Waals surface area contributed by atoms with Gasteiger partial charge in [0.05, 0.1) is 0 Å². The second-order valence-electron chi connectivity index (χ2n) is 7.52. The summed E-state index contributed by atoms with van der Waals surface area (Å²) in [5.41, 5.74) is 0. The van der Waals surface area contributed by atoms with E-state index < -0.39 is 18.4 Å². The van der Waals surface area contributed by atoms with Crippen LogP contribution in [0.1, 0.15) is 92.9 Å². The molecule has 2 heteroatoms. The minimum absolute atomic E-state index is 0.166. The number of carbonyl (C=O) groups excluding carboxylic acids is 1. The molecule has 0 atom stereocenters. The fraction of sp³-hybridized carbons (Fsp3) is 0.857. The van der Waals surface area contributed by atoms with E-state index in [1.165, 1.54) is 55.4 Å². The van der Waals surface area contributed by atoms with Crippen molar-refractivity contribution in [1.29, 1.82) is 0 Å². The second kappa shape index (κ2) is 13.5. The summed E-state index contributed by atoms with van der Waals surface area (Å²) < 4.78 is 5.60. The molecule has 0 aromatic carbocycles. The van der Waals surface area contributed by atoms with Gasteiger partial charge in [-0.05, 0) is 0 Å². The van der Waals surface area contributed by atoms with Gasteiger partial charge in [0, 0.05) is 0 Å². The van der Waals surface area contributed by atoms with E-state index in [2.05, 4.69) is 47.6 Å². The zero-order valence-electron chi connectivity index (χ0n) is 16.8. The summed E-state index contributed by atoms with van der Waals surface area (Å²) in [5, 5.41) is 0. The van der Waals surface area contributed by atoms with E-state index in [0.717, 1.165) is 12.8 Å². The molecule has 0 amide bonds. The van der Waals surface area contributed by atoms with Crippen molar-refractivity contribution >= 4 is 24.2 Å². The molecule has 0 bridgehead atoms. The number of unbranched alkanes of at least 4 members (excludes halogenated alkanes) is 4. The van der Waals surface area contributed by atoms with Crippen LogP contribution < -0.4 is 0 Å². The van der Waals surface area contributed by atoms with Crippen molar-refractivity contribution < 1.29 is 4.79 Å². The molecule has 0 heterocycles. The predicted molar refractivity (Wildman–Crippen MR) is 108 cm³/mol. The fourth-order valence-corrected chi connectivity index (χ4v) is 20.7. The van der Waals surface area contributed by atoms with Gasteiger partial charge in [0.1, 0.15) is 0 Å². The quantitative estimate of drug-likeness (QED) is 0.209. The summed E-state index contributed by atoms with van der Waals surface area (Å²) in [5.74, 6) is 0.664. The predicted octanol–water partition coefficient (Wildman–Crippen LogP) is 7.33. The first kappa shape index (κ1) is 23.2. The third kappa shape index (κ3) is 8.22. The molecule has 0 fully saturated rings. The van der Waals surface area contributed by atoms with Crippen LogP contribution in [0.25, 0.3) is 0 Å². The van der Waals surface area contributed by atoms with Gasteiger partial charge in [0.15, 0.2) is 0 Å². The van der Waals surface area contributed by atoms with E-state index in [-0.39, 0.29) is 5.92 Å². The Morgan fingerprint density at radius 1 is 0.826 bits per heavy atom. The van der Waals surface area contributed by atoms with E-state index in [9.17, 15) is 4.79 Å². The number of carbonyl (C=O) groups is 1. The first-order chi connectivity index (χ1) is 11.0. The molecule has 136 valence electrons. The Morgan fingerprint density at radius 2 is 1.26 bits per heavy atom. The third-order valence-electron chi connectivity index (χ3n) is 5.02. The number of ketones is 1. The van der Waals surface area contributed by atoms with Crippen LogP contribution in [-0.2, 0) is 4.79 Å². The zero-order chi connectivity index (χ0) is 17.7. The summed E-state index contributed by atoms with van der Waals surface area (Å²) in [6.45, 7) is 13.3. The van der Waals surface area contributed by atoms with Gasteiger partial charge in [-0.15, -0.1) is 0 Å². The number of allylic oxidation sites excluding steroid dienone is 2. The SMILES string of the molecule is CCC/C=[C](\C(=O)C(C)C)[Sn]([CH2]CCC)([CH2]CCC)[CH2]CCC. The molecule has 0 N–H and O–H groups in total. The van der Waals surface area contributed by atoms with E-state index in [1.807, 2.05) is 0 Å². The molecule has 0 saturated carbocycles. The van der Waals surface area contributed by atoms with Gasteiger partial charge >= 0.3 is 151 Å². The Labute approximate surface area is 150 Å². The van der Waals surface area contributed by atoms with Crippen molar-refractivity contribution in [2.24, 2.45) is 5.92 Å². The Morgan fingerprint density at radius 3 is 1.57 bits per heavy atom. The molecule has 1 nitrogen and oxygen atoms in total. The summed E-state index contributed by atoms with van der Waals surface area (Å²) in [4.78, 5) is 13.1. The zero-order valence-corrected chi connectivity index (χ0v) is 19.7. The van der Waals surface area contributed by atoms with Crippen LogP contribution in [0.15, 0.2) is 9.67 Å². The van der Waals surface area contributed by atoms with Crippen molar-refractivity contribution in [2.45, 2.75) is 106 Å². The Kier molecular flexibility index (Phi) is 13.6. The van der Waals surface area contributed by atoms with Gasteiger partial charge < -0.3 is 0 Å². The maximum absolute atomic E-state index is 13.1. The average Bonchev–Trinajstić information content (AvgIpc) is 2.55. The van der Waals surface area contributed by atoms with Crippen molar-refractivity contribution in [3.63, 3.8) is 0 Å². The van der Waals surface area contributed by atoms with Crippen molar-refractivity contribution in [1.82, 2.24) is 0 Å². The normalized spacial score (nSPS) is 12.9. The van der Waals surface area contributed by atoms with Gasteiger partial charge in [-0.25, -0.2) is 0 Å². The van der Waals surface area contributed by atoms with E-state index in [0.29, 0.717) is 5.78 Å². The van der Waals surface area contributed by atoms with Crippen molar-refractivity contribution in [3.8, 4) is 0 Å². The van der Waals surface area contributed by atoms with Crippen molar-refractivity contribution in [2.75, 3.05) is 0 Å². The van der Waals surface area contributed by atoms with Gasteiger partial charge in [0.2, 0.25) is 0 Å². The van der Waals surface area contributed by atoms with Crippen LogP contribution in [0, 0.1) is 5.92 Å². The molecule has 0 aliphatic heterocycles. The topological polar surface area (TPSA) is 17.1 Å². The maximum atomic E-state index is 13.1.